The number of carbonyl (C=O) groups is 1. The lowest BCUT2D eigenvalue weighted by molar-refractivity contribution is -0.113. The van der Waals surface area contributed by atoms with Gasteiger partial charge in [-0.1, -0.05) is 51.4 Å². The highest BCUT2D eigenvalue weighted by Gasteiger charge is 2.18. The third-order valence-electron chi connectivity index (χ3n) is 4.17. The first-order valence-electron chi connectivity index (χ1n) is 8.95. The molecule has 0 spiro atoms. The number of carbonyl (C=O) groups excluding carboxylic acids is 1. The fourth-order valence-corrected chi connectivity index (χ4v) is 4.22. The second-order valence-corrected chi connectivity index (χ2v) is 8.64. The number of benzene rings is 2. The number of furan rings is 1. The zero-order valence-corrected chi connectivity index (χ0v) is 18.8. The molecule has 0 radical (unpaired) electrons. The predicted octanol–water partition coefficient (Wildman–Crippen LogP) is 6.02. The van der Waals surface area contributed by atoms with Crippen molar-refractivity contribution >= 4 is 61.9 Å². The van der Waals surface area contributed by atoms with Crippen molar-refractivity contribution < 1.29 is 9.21 Å². The Balaban J connectivity index is 1.53. The predicted molar refractivity (Wildman–Crippen MR) is 124 cm³/mol. The Morgan fingerprint density at radius 3 is 2.93 bits per heavy atom. The quantitative estimate of drug-likeness (QED) is 0.246. The van der Waals surface area contributed by atoms with Crippen LogP contribution < -0.4 is 5.32 Å². The molecule has 1 N–H and O–H groups in total. The van der Waals surface area contributed by atoms with Gasteiger partial charge in [-0.25, -0.2) is 0 Å². The highest BCUT2D eigenvalue weighted by Crippen LogP contribution is 2.30. The molecule has 4 aromatic rings. The van der Waals surface area contributed by atoms with Crippen molar-refractivity contribution in [2.75, 3.05) is 11.1 Å². The molecule has 0 fully saturated rings. The van der Waals surface area contributed by atoms with E-state index in [4.69, 9.17) is 16.0 Å². The van der Waals surface area contributed by atoms with Crippen LogP contribution in [0.15, 0.2) is 75.2 Å². The molecule has 30 heavy (non-hydrogen) atoms. The molecule has 0 atom stereocenters. The van der Waals surface area contributed by atoms with E-state index in [2.05, 4.69) is 38.0 Å². The van der Waals surface area contributed by atoms with Crippen molar-refractivity contribution in [3.8, 4) is 11.6 Å². The molecule has 0 aliphatic rings. The molecule has 0 saturated heterocycles. The summed E-state index contributed by atoms with van der Waals surface area (Å²) in [7, 11) is 0. The number of hydrogen-bond donors (Lipinski definition) is 1. The summed E-state index contributed by atoms with van der Waals surface area (Å²) in [4.78, 5) is 12.3. The van der Waals surface area contributed by atoms with Gasteiger partial charge in [0.05, 0.1) is 5.75 Å². The zero-order valence-electron chi connectivity index (χ0n) is 15.6. The molecule has 0 unspecified atom stereocenters. The average molecular weight is 504 g/mol. The van der Waals surface area contributed by atoms with Crippen molar-refractivity contribution in [2.45, 2.75) is 11.7 Å². The van der Waals surface area contributed by atoms with Crippen molar-refractivity contribution in [1.82, 2.24) is 14.8 Å². The molecular formula is C21H16BrClN4O2S. The van der Waals surface area contributed by atoms with E-state index in [0.717, 1.165) is 15.5 Å². The van der Waals surface area contributed by atoms with Crippen molar-refractivity contribution in [3.63, 3.8) is 0 Å². The Morgan fingerprint density at radius 2 is 2.13 bits per heavy atom. The topological polar surface area (TPSA) is 73.0 Å². The summed E-state index contributed by atoms with van der Waals surface area (Å²) in [5.74, 6) is 1.20. The molecule has 4 rings (SSSR count). The molecule has 6 nitrogen and oxygen atoms in total. The van der Waals surface area contributed by atoms with Crippen LogP contribution in [0.5, 0.6) is 0 Å². The molecule has 0 aliphatic heterocycles. The van der Waals surface area contributed by atoms with Gasteiger partial charge >= 0.3 is 0 Å². The Hall–Kier alpha value is -2.55. The summed E-state index contributed by atoms with van der Waals surface area (Å²) < 4.78 is 8.68. The molecule has 9 heteroatoms. The Kier molecular flexibility index (Phi) is 6.26. The molecule has 2 aromatic carbocycles. The van der Waals surface area contributed by atoms with Gasteiger partial charge in [0.15, 0.2) is 10.9 Å². The van der Waals surface area contributed by atoms with Crippen LogP contribution in [-0.2, 0) is 11.3 Å². The minimum absolute atomic E-state index is 0.133. The molecular weight excluding hydrogens is 488 g/mol. The van der Waals surface area contributed by atoms with Gasteiger partial charge < -0.3 is 9.73 Å². The highest BCUT2D eigenvalue weighted by molar-refractivity contribution is 9.10. The zero-order chi connectivity index (χ0) is 21.1. The lowest BCUT2D eigenvalue weighted by Crippen LogP contribution is -2.14. The first-order valence-corrected chi connectivity index (χ1v) is 11.1. The molecule has 152 valence electrons. The standard InChI is InChI=1S/C21H16BrClN4O2S/c1-2-8-27-20(18-10-13-9-15(23)6-7-17(13)29-18)25-26-21(27)30-12-19(28)24-16-5-3-4-14(22)11-16/h2-7,9-11H,1,8,12H2,(H,24,28). The number of halogens is 2. The fourth-order valence-electron chi connectivity index (χ4n) is 2.89. The summed E-state index contributed by atoms with van der Waals surface area (Å²) in [6.45, 7) is 4.29. The number of amides is 1. The van der Waals surface area contributed by atoms with Gasteiger partial charge in [0.25, 0.3) is 0 Å². The van der Waals surface area contributed by atoms with Gasteiger partial charge in [0.1, 0.15) is 5.58 Å². The Labute approximate surface area is 190 Å². The fraction of sp³-hybridized carbons (Fsp3) is 0.0952. The van der Waals surface area contributed by atoms with E-state index in [1.165, 1.54) is 11.8 Å². The second-order valence-electron chi connectivity index (χ2n) is 6.35. The van der Waals surface area contributed by atoms with Gasteiger partial charge in [0, 0.05) is 27.1 Å². The lowest BCUT2D eigenvalue weighted by Gasteiger charge is -2.07. The molecule has 0 aliphatic carbocycles. The van der Waals surface area contributed by atoms with Crippen LogP contribution in [0.2, 0.25) is 5.02 Å². The van der Waals surface area contributed by atoms with Gasteiger partial charge in [-0.2, -0.15) is 0 Å². The monoisotopic (exact) mass is 502 g/mol. The number of fused-ring (bicyclic) bond motifs is 1. The maximum Gasteiger partial charge on any atom is 0.234 e. The third kappa shape index (κ3) is 4.61. The van der Waals surface area contributed by atoms with Gasteiger partial charge in [-0.15, -0.1) is 16.8 Å². The summed E-state index contributed by atoms with van der Waals surface area (Å²) in [5, 5.41) is 13.5. The van der Waals surface area contributed by atoms with Crippen LogP contribution >= 0.6 is 39.3 Å². The van der Waals surface area contributed by atoms with Crippen LogP contribution in [0.1, 0.15) is 0 Å². The lowest BCUT2D eigenvalue weighted by atomic mass is 10.2. The van der Waals surface area contributed by atoms with E-state index in [9.17, 15) is 4.79 Å². The molecule has 0 saturated carbocycles. The van der Waals surface area contributed by atoms with Crippen molar-refractivity contribution in [3.05, 3.63) is 70.7 Å². The normalized spacial score (nSPS) is 11.0. The summed E-state index contributed by atoms with van der Waals surface area (Å²) in [6, 6.07) is 14.7. The van der Waals surface area contributed by atoms with Crippen molar-refractivity contribution in [1.29, 1.82) is 0 Å². The first kappa shape index (κ1) is 20.7. The van der Waals surface area contributed by atoms with E-state index < -0.39 is 0 Å². The van der Waals surface area contributed by atoms with Gasteiger partial charge in [0.2, 0.25) is 11.7 Å². The van der Waals surface area contributed by atoms with E-state index in [1.54, 1.807) is 12.1 Å². The largest absolute Gasteiger partial charge is 0.453 e. The Morgan fingerprint density at radius 1 is 1.27 bits per heavy atom. The SMILES string of the molecule is C=CCn1c(SCC(=O)Nc2cccc(Br)c2)nnc1-c1cc2cc(Cl)ccc2o1. The molecule has 1 amide bonds. The van der Waals surface area contributed by atoms with Crippen LogP contribution in [0, 0.1) is 0 Å². The van der Waals surface area contributed by atoms with E-state index in [-0.39, 0.29) is 11.7 Å². The minimum atomic E-state index is -0.133. The van der Waals surface area contributed by atoms with Gasteiger partial charge in [-0.3, -0.25) is 9.36 Å². The van der Waals surface area contributed by atoms with Crippen LogP contribution in [0.4, 0.5) is 5.69 Å². The summed E-state index contributed by atoms with van der Waals surface area (Å²) >= 11 is 10.8. The number of thioether (sulfide) groups is 1. The smallest absolute Gasteiger partial charge is 0.234 e. The second kappa shape index (κ2) is 9.07. The van der Waals surface area contributed by atoms with Crippen LogP contribution in [0.25, 0.3) is 22.6 Å². The van der Waals surface area contributed by atoms with E-state index in [1.807, 2.05) is 47.0 Å². The number of rotatable bonds is 7. The number of allylic oxidation sites excluding steroid dienone is 1. The number of nitrogens with zero attached hydrogens (tertiary/aromatic N) is 3. The third-order valence-corrected chi connectivity index (χ3v) is 5.86. The number of anilines is 1. The van der Waals surface area contributed by atoms with Gasteiger partial charge in [-0.05, 0) is 42.5 Å². The average Bonchev–Trinajstić information content (AvgIpc) is 3.30. The highest BCUT2D eigenvalue weighted by atomic mass is 79.9. The first-order chi connectivity index (χ1) is 14.5. The minimum Gasteiger partial charge on any atom is -0.453 e. The van der Waals surface area contributed by atoms with Crippen molar-refractivity contribution in [2.24, 2.45) is 0 Å². The maximum absolute atomic E-state index is 12.3. The summed E-state index contributed by atoms with van der Waals surface area (Å²) in [6.07, 6.45) is 1.75. The molecule has 2 aromatic heterocycles. The number of aromatic nitrogens is 3. The van der Waals surface area contributed by atoms with E-state index >= 15 is 0 Å². The maximum atomic E-state index is 12.3. The number of nitrogens with one attached hydrogen (secondary N) is 1. The van der Waals surface area contributed by atoms with Crippen LogP contribution in [-0.4, -0.2) is 26.4 Å². The summed E-state index contributed by atoms with van der Waals surface area (Å²) in [5.41, 5.74) is 1.44. The molecule has 0 bridgehead atoms. The number of hydrogen-bond acceptors (Lipinski definition) is 5. The van der Waals surface area contributed by atoms with Crippen LogP contribution in [0.3, 0.4) is 0 Å². The molecule has 2 heterocycles. The van der Waals surface area contributed by atoms with E-state index in [0.29, 0.717) is 33.9 Å². The Bertz CT molecular complexity index is 1240.